The Labute approximate surface area is 210 Å². The second-order valence-corrected chi connectivity index (χ2v) is 9.96. The molecule has 2 aromatic carbocycles. The van der Waals surface area contributed by atoms with Crippen LogP contribution in [0.1, 0.15) is 37.8 Å². The van der Waals surface area contributed by atoms with Crippen molar-refractivity contribution in [3.05, 3.63) is 59.8 Å². The topological polar surface area (TPSA) is 102 Å². The summed E-state index contributed by atoms with van der Waals surface area (Å²) in [4.78, 5) is 29.4. The molecule has 0 aliphatic carbocycles. The molecule has 5 rings (SSSR count). The average Bonchev–Trinajstić information content (AvgIpc) is 3.54. The molecule has 36 heavy (non-hydrogen) atoms. The van der Waals surface area contributed by atoms with E-state index < -0.39 is 6.04 Å². The zero-order chi connectivity index (χ0) is 25.1. The summed E-state index contributed by atoms with van der Waals surface area (Å²) in [6.45, 7) is 5.55. The predicted octanol–water partition coefficient (Wildman–Crippen LogP) is 3.44. The lowest BCUT2D eigenvalue weighted by Crippen LogP contribution is -2.52. The third-order valence-corrected chi connectivity index (χ3v) is 7.29. The van der Waals surface area contributed by atoms with Gasteiger partial charge in [0, 0.05) is 54.6 Å². The van der Waals surface area contributed by atoms with Crippen LogP contribution in [0.4, 0.5) is 0 Å². The molecule has 2 amide bonds. The number of aromatic nitrogens is 1. The van der Waals surface area contributed by atoms with E-state index >= 15 is 0 Å². The number of nitrogens with one attached hydrogen (secondary N) is 3. The van der Waals surface area contributed by atoms with Crippen LogP contribution in [-0.4, -0.2) is 49.4 Å². The van der Waals surface area contributed by atoms with E-state index in [0.717, 1.165) is 46.4 Å². The van der Waals surface area contributed by atoms with Gasteiger partial charge in [0.1, 0.15) is 6.04 Å². The molecule has 3 N–H and O–H groups in total. The first kappa shape index (κ1) is 24.2. The Morgan fingerprint density at radius 2 is 1.81 bits per heavy atom. The van der Waals surface area contributed by atoms with E-state index in [1.165, 1.54) is 0 Å². The summed E-state index contributed by atoms with van der Waals surface area (Å²) in [6.07, 6.45) is 3.87. The van der Waals surface area contributed by atoms with E-state index in [1.807, 2.05) is 56.4 Å². The molecule has 1 atom stereocenters. The van der Waals surface area contributed by atoms with Crippen molar-refractivity contribution in [1.29, 1.82) is 0 Å². The van der Waals surface area contributed by atoms with Crippen LogP contribution < -0.4 is 20.1 Å². The Hall–Kier alpha value is -3.52. The van der Waals surface area contributed by atoms with Gasteiger partial charge in [-0.15, -0.1) is 0 Å². The van der Waals surface area contributed by atoms with Crippen LogP contribution in [0.5, 0.6) is 11.5 Å². The van der Waals surface area contributed by atoms with Crippen molar-refractivity contribution < 1.29 is 23.8 Å². The first-order chi connectivity index (χ1) is 17.4. The number of hydrogen-bond donors (Lipinski definition) is 3. The highest BCUT2D eigenvalue weighted by Gasteiger charge is 2.37. The third kappa shape index (κ3) is 4.91. The number of ether oxygens (including phenoxy) is 3. The number of amides is 2. The quantitative estimate of drug-likeness (QED) is 0.448. The van der Waals surface area contributed by atoms with Gasteiger partial charge in [0.05, 0.1) is 0 Å². The highest BCUT2D eigenvalue weighted by atomic mass is 16.7. The Morgan fingerprint density at radius 1 is 1.03 bits per heavy atom. The normalized spacial score (nSPS) is 17.2. The number of carbonyl (C=O) groups excluding carboxylic acids is 2. The molecule has 2 aliphatic rings. The maximum absolute atomic E-state index is 13.6. The maximum atomic E-state index is 13.6. The van der Waals surface area contributed by atoms with Gasteiger partial charge in [-0.25, -0.2) is 0 Å². The van der Waals surface area contributed by atoms with Crippen LogP contribution >= 0.6 is 0 Å². The monoisotopic (exact) mass is 491 g/mol. The average molecular weight is 492 g/mol. The molecular formula is C28H33N3O5. The van der Waals surface area contributed by atoms with Gasteiger partial charge in [0.15, 0.2) is 11.5 Å². The molecule has 190 valence electrons. The van der Waals surface area contributed by atoms with Crippen LogP contribution in [0.25, 0.3) is 10.9 Å². The lowest BCUT2D eigenvalue weighted by molar-refractivity contribution is -0.130. The Bertz CT molecular complexity index is 1240. The fraction of sp³-hybridized carbons (Fsp3) is 0.429. The standard InChI is InChI=1S/C28H33N3O5/c1-18(2)26(32)31-23(13-19-15-29-22-6-4-3-5-21(19)22)27(33)30-16-28(9-11-34-12-10-28)20-7-8-24-25(14-20)36-17-35-24/h3-8,14-15,18,23,29H,9-13,16-17H2,1-2H3,(H,30,33)(H,31,32). The molecule has 3 aromatic rings. The van der Waals surface area contributed by atoms with Gasteiger partial charge in [-0.3, -0.25) is 9.59 Å². The molecule has 1 unspecified atom stereocenters. The lowest BCUT2D eigenvalue weighted by atomic mass is 9.74. The summed E-state index contributed by atoms with van der Waals surface area (Å²) < 4.78 is 16.7. The first-order valence-electron chi connectivity index (χ1n) is 12.6. The minimum absolute atomic E-state index is 0.147. The summed E-state index contributed by atoms with van der Waals surface area (Å²) in [5, 5.41) is 7.19. The molecule has 0 saturated carbocycles. The number of H-pyrrole nitrogens is 1. The summed E-state index contributed by atoms with van der Waals surface area (Å²) in [7, 11) is 0. The largest absolute Gasteiger partial charge is 0.454 e. The van der Waals surface area contributed by atoms with E-state index in [0.29, 0.717) is 26.2 Å². The van der Waals surface area contributed by atoms with E-state index in [1.54, 1.807) is 0 Å². The highest BCUT2D eigenvalue weighted by molar-refractivity contribution is 5.90. The molecule has 0 radical (unpaired) electrons. The van der Waals surface area contributed by atoms with Gasteiger partial charge in [-0.1, -0.05) is 38.1 Å². The molecule has 8 heteroatoms. The van der Waals surface area contributed by atoms with E-state index in [4.69, 9.17) is 14.2 Å². The number of hydrogen-bond acceptors (Lipinski definition) is 5. The maximum Gasteiger partial charge on any atom is 0.242 e. The zero-order valence-electron chi connectivity index (χ0n) is 20.8. The molecular weight excluding hydrogens is 458 g/mol. The number of para-hydroxylation sites is 1. The SMILES string of the molecule is CC(C)C(=O)NC(Cc1c[nH]c2ccccc12)C(=O)NCC1(c2ccc3c(c2)OCO3)CCOCC1. The fourth-order valence-electron chi connectivity index (χ4n) is 5.00. The van der Waals surface area contributed by atoms with Crippen LogP contribution in [-0.2, 0) is 26.2 Å². The molecule has 1 saturated heterocycles. The molecule has 2 aliphatic heterocycles. The summed E-state index contributed by atoms with van der Waals surface area (Å²) in [6, 6.07) is 13.3. The van der Waals surface area contributed by atoms with Crippen LogP contribution in [0, 0.1) is 5.92 Å². The predicted molar refractivity (Wildman–Crippen MR) is 136 cm³/mol. The molecule has 0 bridgehead atoms. The number of rotatable bonds is 8. The third-order valence-electron chi connectivity index (χ3n) is 7.29. The van der Waals surface area contributed by atoms with Gasteiger partial charge in [-0.05, 0) is 42.2 Å². The smallest absolute Gasteiger partial charge is 0.242 e. The van der Waals surface area contributed by atoms with Crippen LogP contribution in [0.3, 0.4) is 0 Å². The van der Waals surface area contributed by atoms with E-state index in [2.05, 4.69) is 21.7 Å². The molecule has 8 nitrogen and oxygen atoms in total. The lowest BCUT2D eigenvalue weighted by Gasteiger charge is -2.38. The summed E-state index contributed by atoms with van der Waals surface area (Å²) in [5.41, 5.74) is 2.80. The Balaban J connectivity index is 1.36. The van der Waals surface area contributed by atoms with Crippen LogP contribution in [0.15, 0.2) is 48.7 Å². The van der Waals surface area contributed by atoms with Crippen molar-refractivity contribution >= 4 is 22.7 Å². The van der Waals surface area contributed by atoms with Gasteiger partial charge >= 0.3 is 0 Å². The van der Waals surface area contributed by atoms with E-state index in [9.17, 15) is 9.59 Å². The molecule has 0 spiro atoms. The van der Waals surface area contributed by atoms with Crippen molar-refractivity contribution in [3.63, 3.8) is 0 Å². The van der Waals surface area contributed by atoms with Crippen molar-refractivity contribution in [3.8, 4) is 11.5 Å². The molecule has 1 aromatic heterocycles. The summed E-state index contributed by atoms with van der Waals surface area (Å²) >= 11 is 0. The number of fused-ring (bicyclic) bond motifs is 2. The Morgan fingerprint density at radius 3 is 2.61 bits per heavy atom. The first-order valence-corrected chi connectivity index (χ1v) is 12.6. The molecule has 3 heterocycles. The van der Waals surface area contributed by atoms with Crippen molar-refractivity contribution in [2.24, 2.45) is 5.92 Å². The number of aromatic amines is 1. The van der Waals surface area contributed by atoms with Crippen molar-refractivity contribution in [2.75, 3.05) is 26.6 Å². The second-order valence-electron chi connectivity index (χ2n) is 9.96. The minimum atomic E-state index is -0.687. The molecule has 1 fully saturated rings. The van der Waals surface area contributed by atoms with Crippen LogP contribution in [0.2, 0.25) is 0 Å². The summed E-state index contributed by atoms with van der Waals surface area (Å²) in [5.74, 6) is 0.900. The number of benzene rings is 2. The van der Waals surface area contributed by atoms with Gasteiger partial charge in [0.25, 0.3) is 0 Å². The van der Waals surface area contributed by atoms with Crippen molar-refractivity contribution in [1.82, 2.24) is 15.6 Å². The fourth-order valence-corrected chi connectivity index (χ4v) is 5.00. The minimum Gasteiger partial charge on any atom is -0.454 e. The van der Waals surface area contributed by atoms with E-state index in [-0.39, 0.29) is 29.9 Å². The van der Waals surface area contributed by atoms with Gasteiger partial charge < -0.3 is 29.8 Å². The van der Waals surface area contributed by atoms with Gasteiger partial charge in [-0.2, -0.15) is 0 Å². The number of carbonyl (C=O) groups is 2. The van der Waals surface area contributed by atoms with Gasteiger partial charge in [0.2, 0.25) is 18.6 Å². The van der Waals surface area contributed by atoms with Crippen molar-refractivity contribution in [2.45, 2.75) is 44.6 Å². The highest BCUT2D eigenvalue weighted by Crippen LogP contribution is 2.40. The zero-order valence-corrected chi connectivity index (χ0v) is 20.8. The Kier molecular flexibility index (Phi) is 6.87. The second kappa shape index (κ2) is 10.2.